The Bertz CT molecular complexity index is 851. The predicted molar refractivity (Wildman–Crippen MR) is 98.6 cm³/mol. The van der Waals surface area contributed by atoms with Crippen LogP contribution in [0.2, 0.25) is 0 Å². The predicted octanol–water partition coefficient (Wildman–Crippen LogP) is 3.98. The van der Waals surface area contributed by atoms with Crippen molar-refractivity contribution in [2.45, 2.75) is 34.6 Å². The zero-order valence-electron chi connectivity index (χ0n) is 15.0. The molecule has 0 atom stereocenters. The van der Waals surface area contributed by atoms with Crippen LogP contribution in [-0.4, -0.2) is 24.3 Å². The molecule has 1 aromatic heterocycles. The minimum atomic E-state index is -0.607. The first-order chi connectivity index (χ1) is 11.7. The number of ketones is 1. The van der Waals surface area contributed by atoms with Gasteiger partial charge in [0, 0.05) is 17.4 Å². The normalized spacial score (nSPS) is 10.4. The molecule has 2 rings (SSSR count). The van der Waals surface area contributed by atoms with Crippen LogP contribution in [0.3, 0.4) is 0 Å². The van der Waals surface area contributed by atoms with Gasteiger partial charge in [-0.05, 0) is 44.9 Å². The van der Waals surface area contributed by atoms with Crippen molar-refractivity contribution < 1.29 is 19.1 Å². The molecule has 1 N–H and O–H groups in total. The number of amides is 1. The first kappa shape index (κ1) is 18.9. The fourth-order valence-corrected chi connectivity index (χ4v) is 3.53. The van der Waals surface area contributed by atoms with Crippen LogP contribution in [0.1, 0.15) is 49.2 Å². The van der Waals surface area contributed by atoms with Gasteiger partial charge in [0.15, 0.2) is 6.61 Å². The van der Waals surface area contributed by atoms with Gasteiger partial charge in [-0.2, -0.15) is 0 Å². The van der Waals surface area contributed by atoms with Crippen LogP contribution in [-0.2, 0) is 9.53 Å². The van der Waals surface area contributed by atoms with E-state index in [2.05, 4.69) is 5.32 Å². The van der Waals surface area contributed by atoms with Gasteiger partial charge in [-0.1, -0.05) is 17.7 Å². The molecule has 0 spiro atoms. The fraction of sp³-hybridized carbons (Fsp3) is 0.316. The Morgan fingerprint density at radius 3 is 2.44 bits per heavy atom. The highest BCUT2D eigenvalue weighted by atomic mass is 32.1. The summed E-state index contributed by atoms with van der Waals surface area (Å²) in [6.07, 6.45) is 0. The van der Waals surface area contributed by atoms with Crippen molar-refractivity contribution in [3.05, 3.63) is 50.9 Å². The number of ether oxygens (including phenoxy) is 1. The van der Waals surface area contributed by atoms with Gasteiger partial charge < -0.3 is 10.1 Å². The molecular formula is C19H21NO4S. The van der Waals surface area contributed by atoms with E-state index in [0.717, 1.165) is 21.6 Å². The van der Waals surface area contributed by atoms with Crippen LogP contribution in [0.15, 0.2) is 18.2 Å². The lowest BCUT2D eigenvalue weighted by molar-refractivity contribution is -0.114. The number of aryl methyl sites for hydroxylation is 3. The number of nitrogens with one attached hydrogen (secondary N) is 1. The number of carbonyl (C=O) groups is 3. The van der Waals surface area contributed by atoms with Crippen LogP contribution in [0, 0.1) is 27.7 Å². The third kappa shape index (κ3) is 4.33. The molecular weight excluding hydrogens is 338 g/mol. The number of esters is 1. The molecule has 132 valence electrons. The van der Waals surface area contributed by atoms with Crippen molar-refractivity contribution in [3.63, 3.8) is 0 Å². The summed E-state index contributed by atoms with van der Waals surface area (Å²) >= 11 is 1.31. The standard InChI is InChI=1S/C19H21NO4S/c1-10-6-7-11(2)15(8-10)16(22)9-24-19(23)17-12(3)13(4)25-18(17)20-14(5)21/h6-8H,9H2,1-5H3,(H,20,21). The molecule has 0 aliphatic heterocycles. The van der Waals surface area contributed by atoms with Crippen LogP contribution in [0.4, 0.5) is 5.00 Å². The summed E-state index contributed by atoms with van der Waals surface area (Å²) < 4.78 is 5.22. The monoisotopic (exact) mass is 359 g/mol. The number of benzene rings is 1. The Hall–Kier alpha value is -2.47. The van der Waals surface area contributed by atoms with Crippen molar-refractivity contribution in [2.75, 3.05) is 11.9 Å². The molecule has 1 heterocycles. The quantitative estimate of drug-likeness (QED) is 0.647. The highest BCUT2D eigenvalue weighted by Crippen LogP contribution is 2.33. The van der Waals surface area contributed by atoms with Crippen LogP contribution in [0.25, 0.3) is 0 Å². The molecule has 0 aliphatic carbocycles. The van der Waals surface area contributed by atoms with E-state index < -0.39 is 5.97 Å². The third-order valence-corrected chi connectivity index (χ3v) is 5.03. The van der Waals surface area contributed by atoms with Gasteiger partial charge >= 0.3 is 5.97 Å². The van der Waals surface area contributed by atoms with E-state index in [9.17, 15) is 14.4 Å². The molecule has 0 radical (unpaired) electrons. The molecule has 25 heavy (non-hydrogen) atoms. The topological polar surface area (TPSA) is 72.5 Å². The van der Waals surface area contributed by atoms with Gasteiger partial charge in [-0.3, -0.25) is 9.59 Å². The molecule has 0 aliphatic rings. The Kier molecular flexibility index (Phi) is 5.74. The Balaban J connectivity index is 2.16. The number of hydrogen-bond acceptors (Lipinski definition) is 5. The van der Waals surface area contributed by atoms with Crippen molar-refractivity contribution in [2.24, 2.45) is 0 Å². The smallest absolute Gasteiger partial charge is 0.341 e. The van der Waals surface area contributed by atoms with Gasteiger partial charge in [0.05, 0.1) is 5.56 Å². The Morgan fingerprint density at radius 2 is 1.80 bits per heavy atom. The summed E-state index contributed by atoms with van der Waals surface area (Å²) in [6, 6.07) is 5.58. The molecule has 1 aromatic carbocycles. The van der Waals surface area contributed by atoms with Crippen molar-refractivity contribution in [3.8, 4) is 0 Å². The lowest BCUT2D eigenvalue weighted by Gasteiger charge is -2.09. The number of Topliss-reactive ketones (excluding diaryl/α,β-unsaturated/α-hetero) is 1. The average molecular weight is 359 g/mol. The van der Waals surface area contributed by atoms with Crippen LogP contribution in [0.5, 0.6) is 0 Å². The summed E-state index contributed by atoms with van der Waals surface area (Å²) in [5.41, 5.74) is 3.42. The summed E-state index contributed by atoms with van der Waals surface area (Å²) in [5, 5.41) is 3.10. The molecule has 0 saturated carbocycles. The summed E-state index contributed by atoms with van der Waals surface area (Å²) in [7, 11) is 0. The molecule has 5 nitrogen and oxygen atoms in total. The lowest BCUT2D eigenvalue weighted by atomic mass is 10.0. The second-order valence-corrected chi connectivity index (χ2v) is 7.21. The molecule has 6 heteroatoms. The second-order valence-electron chi connectivity index (χ2n) is 5.99. The van der Waals surface area contributed by atoms with E-state index in [-0.39, 0.29) is 18.3 Å². The van der Waals surface area contributed by atoms with Gasteiger partial charge in [0.2, 0.25) is 11.7 Å². The summed E-state index contributed by atoms with van der Waals surface area (Å²) in [5.74, 6) is -1.12. The lowest BCUT2D eigenvalue weighted by Crippen LogP contribution is -2.17. The first-order valence-electron chi connectivity index (χ1n) is 7.86. The maximum atomic E-state index is 12.4. The number of hydrogen-bond donors (Lipinski definition) is 1. The molecule has 0 bridgehead atoms. The molecule has 1 amide bonds. The number of thiophene rings is 1. The van der Waals surface area contributed by atoms with E-state index >= 15 is 0 Å². The van der Waals surface area contributed by atoms with Crippen molar-refractivity contribution in [1.29, 1.82) is 0 Å². The van der Waals surface area contributed by atoms with Gasteiger partial charge in [0.1, 0.15) is 5.00 Å². The number of rotatable bonds is 5. The Morgan fingerprint density at radius 1 is 1.12 bits per heavy atom. The van der Waals surface area contributed by atoms with E-state index in [1.165, 1.54) is 18.3 Å². The largest absolute Gasteiger partial charge is 0.454 e. The van der Waals surface area contributed by atoms with Crippen molar-refractivity contribution >= 4 is 34.0 Å². The van der Waals surface area contributed by atoms with E-state index in [4.69, 9.17) is 4.74 Å². The Labute approximate surface area is 151 Å². The zero-order chi connectivity index (χ0) is 18.7. The van der Waals surface area contributed by atoms with E-state index in [1.54, 1.807) is 13.0 Å². The van der Waals surface area contributed by atoms with Gasteiger partial charge in [-0.25, -0.2) is 4.79 Å². The van der Waals surface area contributed by atoms with Crippen molar-refractivity contribution in [1.82, 2.24) is 0 Å². The minimum Gasteiger partial charge on any atom is -0.454 e. The van der Waals surface area contributed by atoms with E-state index in [1.807, 2.05) is 32.9 Å². The number of anilines is 1. The maximum Gasteiger partial charge on any atom is 0.341 e. The van der Waals surface area contributed by atoms with Gasteiger partial charge in [-0.15, -0.1) is 11.3 Å². The number of carbonyl (C=O) groups excluding carboxylic acids is 3. The molecule has 0 fully saturated rings. The van der Waals surface area contributed by atoms with Crippen LogP contribution >= 0.6 is 11.3 Å². The van der Waals surface area contributed by atoms with Crippen LogP contribution < -0.4 is 5.32 Å². The average Bonchev–Trinajstić information content (AvgIpc) is 2.80. The maximum absolute atomic E-state index is 12.4. The summed E-state index contributed by atoms with van der Waals surface area (Å²) in [4.78, 5) is 37.0. The zero-order valence-corrected chi connectivity index (χ0v) is 15.8. The SMILES string of the molecule is CC(=O)Nc1sc(C)c(C)c1C(=O)OCC(=O)c1cc(C)ccc1C. The van der Waals surface area contributed by atoms with Gasteiger partial charge in [0.25, 0.3) is 0 Å². The molecule has 0 saturated heterocycles. The molecule has 0 unspecified atom stereocenters. The summed E-state index contributed by atoms with van der Waals surface area (Å²) in [6.45, 7) is 8.44. The third-order valence-electron chi connectivity index (χ3n) is 3.91. The highest BCUT2D eigenvalue weighted by Gasteiger charge is 2.22. The second kappa shape index (κ2) is 7.61. The first-order valence-corrected chi connectivity index (χ1v) is 8.67. The fourth-order valence-electron chi connectivity index (χ4n) is 2.44. The minimum absolute atomic E-state index is 0.250. The molecule has 2 aromatic rings. The highest BCUT2D eigenvalue weighted by molar-refractivity contribution is 7.16. The van der Waals surface area contributed by atoms with E-state index in [0.29, 0.717) is 16.1 Å².